The Morgan fingerprint density at radius 2 is 1.13 bits per heavy atom. The summed E-state index contributed by atoms with van der Waals surface area (Å²) in [7, 11) is -8.03. The number of hydrogen-bond donors (Lipinski definition) is 4. The van der Waals surface area contributed by atoms with Gasteiger partial charge in [-0.05, 0) is 93.8 Å². The minimum absolute atomic E-state index is 0.0741. The van der Waals surface area contributed by atoms with Crippen molar-refractivity contribution in [1.82, 2.24) is 39.7 Å². The SMILES string of the molecule is CC1(C)OB(c2cc(F)cc(NS(=O)(=O)CCN3CCOCC3)c2)OC1(C)C.Nc1ncnc2ccc(-c3cc(F)cc(NS(=O)(=O)CCN4CCOCC4)c3)nc12.Nc1ncnc2ccc(Cl)nc12. The largest absolute Gasteiger partial charge is 0.495 e. The van der Waals surface area contributed by atoms with Crippen molar-refractivity contribution in [3.8, 4) is 11.3 Å². The summed E-state index contributed by atoms with van der Waals surface area (Å²) in [6, 6.07) is 14.7. The number of halogens is 3. The number of nitrogen functional groups attached to an aromatic ring is 2. The number of benzene rings is 2. The van der Waals surface area contributed by atoms with E-state index >= 15 is 0 Å². The number of sulfonamides is 2. The summed E-state index contributed by atoms with van der Waals surface area (Å²) >= 11 is 5.67. The first kappa shape index (κ1) is 52.3. The van der Waals surface area contributed by atoms with Gasteiger partial charge in [0.25, 0.3) is 0 Å². The highest BCUT2D eigenvalue weighted by Crippen LogP contribution is 2.37. The van der Waals surface area contributed by atoms with E-state index in [1.54, 1.807) is 30.3 Å². The second kappa shape index (κ2) is 22.3. The lowest BCUT2D eigenvalue weighted by Gasteiger charge is -2.32. The molecule has 0 aliphatic carbocycles. The van der Waals surface area contributed by atoms with Crippen molar-refractivity contribution in [1.29, 1.82) is 0 Å². The average molecular weight is 1030 g/mol. The maximum Gasteiger partial charge on any atom is 0.495 e. The van der Waals surface area contributed by atoms with Gasteiger partial charge in [0.1, 0.15) is 40.5 Å². The Morgan fingerprint density at radius 3 is 1.66 bits per heavy atom. The van der Waals surface area contributed by atoms with Crippen LogP contribution in [0.25, 0.3) is 33.3 Å². The monoisotopic (exact) mass is 1030 g/mol. The van der Waals surface area contributed by atoms with Crippen LogP contribution in [0.4, 0.5) is 31.8 Å². The Balaban J connectivity index is 0.000000168. The van der Waals surface area contributed by atoms with Gasteiger partial charge in [-0.1, -0.05) is 11.6 Å². The molecule has 0 radical (unpaired) electrons. The van der Waals surface area contributed by atoms with Crippen LogP contribution in [0.3, 0.4) is 0 Å². The van der Waals surface area contributed by atoms with Crippen molar-refractivity contribution in [3.63, 3.8) is 0 Å². The summed E-state index contributed by atoms with van der Waals surface area (Å²) in [5, 5.41) is 0.393. The Hall–Kier alpha value is -5.51. The van der Waals surface area contributed by atoms with Crippen molar-refractivity contribution < 1.29 is 44.4 Å². The molecule has 2 aromatic carbocycles. The van der Waals surface area contributed by atoms with E-state index in [4.69, 9.17) is 41.9 Å². The zero-order chi connectivity index (χ0) is 50.3. The van der Waals surface area contributed by atoms with E-state index in [1.165, 1.54) is 30.9 Å². The Bertz CT molecular complexity index is 3010. The topological polar surface area (TPSA) is 265 Å². The van der Waals surface area contributed by atoms with Crippen LogP contribution in [0.2, 0.25) is 5.15 Å². The minimum atomic E-state index is -3.65. The van der Waals surface area contributed by atoms with Crippen molar-refractivity contribution in [2.45, 2.75) is 38.9 Å². The van der Waals surface area contributed by atoms with Crippen molar-refractivity contribution in [3.05, 3.63) is 90.1 Å². The molecule has 0 saturated carbocycles. The first-order valence-corrected chi connectivity index (χ1v) is 25.8. The third-order valence-electron chi connectivity index (χ3n) is 11.7. The van der Waals surface area contributed by atoms with Gasteiger partial charge in [0.15, 0.2) is 11.6 Å². The minimum Gasteiger partial charge on any atom is -0.399 e. The number of fused-ring (bicyclic) bond motifs is 2. The normalized spacial score (nSPS) is 17.3. The van der Waals surface area contributed by atoms with Gasteiger partial charge in [0, 0.05) is 44.8 Å². The summed E-state index contributed by atoms with van der Waals surface area (Å²) in [5.74, 6) is -0.753. The predicted octanol–water partition coefficient (Wildman–Crippen LogP) is 3.95. The van der Waals surface area contributed by atoms with Gasteiger partial charge >= 0.3 is 7.12 Å². The fourth-order valence-corrected chi connectivity index (χ4v) is 9.55. The second-order valence-electron chi connectivity index (χ2n) is 17.4. The molecule has 3 fully saturated rings. The third kappa shape index (κ3) is 14.1. The second-order valence-corrected chi connectivity index (χ2v) is 21.5. The molecule has 0 bridgehead atoms. The van der Waals surface area contributed by atoms with Crippen LogP contribution < -0.4 is 26.4 Å². The zero-order valence-electron chi connectivity index (χ0n) is 38.9. The number of rotatable bonds is 12. The smallest absolute Gasteiger partial charge is 0.399 e. The highest BCUT2D eigenvalue weighted by atomic mass is 35.5. The highest BCUT2D eigenvalue weighted by molar-refractivity contribution is 7.93. The van der Waals surface area contributed by atoms with Crippen molar-refractivity contribution in [2.24, 2.45) is 0 Å². The lowest BCUT2D eigenvalue weighted by molar-refractivity contribution is 0.00578. The molecule has 0 unspecified atom stereocenters. The van der Waals surface area contributed by atoms with E-state index in [0.29, 0.717) is 115 Å². The number of anilines is 4. The molecule has 26 heteroatoms. The molecule has 3 saturated heterocycles. The predicted molar refractivity (Wildman–Crippen MR) is 265 cm³/mol. The molecule has 0 amide bonds. The quantitative estimate of drug-likeness (QED) is 0.0999. The van der Waals surface area contributed by atoms with Gasteiger partial charge in [-0.15, -0.1) is 0 Å². The van der Waals surface area contributed by atoms with E-state index in [9.17, 15) is 25.6 Å². The number of ether oxygens (including phenoxy) is 2. The number of nitrogens with one attached hydrogen (secondary N) is 2. The van der Waals surface area contributed by atoms with Gasteiger partial charge in [-0.25, -0.2) is 55.5 Å². The van der Waals surface area contributed by atoms with Crippen LogP contribution >= 0.6 is 11.6 Å². The van der Waals surface area contributed by atoms with E-state index in [-0.39, 0.29) is 28.7 Å². The van der Waals surface area contributed by atoms with Gasteiger partial charge in [0.05, 0.1) is 77.2 Å². The number of pyridine rings is 2. The maximum absolute atomic E-state index is 14.2. The molecule has 6 N–H and O–H groups in total. The van der Waals surface area contributed by atoms with Gasteiger partial charge in [-0.3, -0.25) is 19.2 Å². The fraction of sp³-hybridized carbons (Fsp3) is 0.409. The summed E-state index contributed by atoms with van der Waals surface area (Å²) < 4.78 is 106. The van der Waals surface area contributed by atoms with Crippen LogP contribution in [0.1, 0.15) is 27.7 Å². The number of morpholine rings is 2. The van der Waals surface area contributed by atoms with Crippen LogP contribution in [-0.4, -0.2) is 152 Å². The van der Waals surface area contributed by atoms with E-state index in [0.717, 1.165) is 12.1 Å². The summed E-state index contributed by atoms with van der Waals surface area (Å²) in [6.07, 6.45) is 2.73. The zero-order valence-corrected chi connectivity index (χ0v) is 41.3. The molecule has 20 nitrogen and oxygen atoms in total. The number of hydrogen-bond acceptors (Lipinski definition) is 18. The average Bonchev–Trinajstić information content (AvgIpc) is 3.54. The highest BCUT2D eigenvalue weighted by Gasteiger charge is 2.52. The third-order valence-corrected chi connectivity index (χ3v) is 14.5. The first-order chi connectivity index (χ1) is 33.1. The Labute approximate surface area is 410 Å². The van der Waals surface area contributed by atoms with E-state index in [2.05, 4.69) is 39.3 Å². The van der Waals surface area contributed by atoms with Gasteiger partial charge < -0.3 is 30.2 Å². The van der Waals surface area contributed by atoms with Crippen LogP contribution in [-0.2, 0) is 38.8 Å². The molecule has 7 heterocycles. The van der Waals surface area contributed by atoms with Crippen LogP contribution in [0.15, 0.2) is 73.3 Å². The molecule has 6 aromatic rings. The van der Waals surface area contributed by atoms with Gasteiger partial charge in [0.2, 0.25) is 20.0 Å². The first-order valence-electron chi connectivity index (χ1n) is 22.1. The van der Waals surface area contributed by atoms with Gasteiger partial charge in [-0.2, -0.15) is 0 Å². The molecule has 70 heavy (non-hydrogen) atoms. The summed E-state index contributed by atoms with van der Waals surface area (Å²) in [4.78, 5) is 28.2. The number of nitrogens with two attached hydrogens (primary N) is 2. The van der Waals surface area contributed by atoms with E-state index in [1.807, 2.05) is 37.5 Å². The lowest BCUT2D eigenvalue weighted by Crippen LogP contribution is -2.41. The van der Waals surface area contributed by atoms with Crippen LogP contribution in [0, 0.1) is 11.6 Å². The molecule has 0 atom stereocenters. The summed E-state index contributed by atoms with van der Waals surface area (Å²) in [6.45, 7) is 13.6. The number of nitrogens with zero attached hydrogens (tertiary/aromatic N) is 8. The Morgan fingerprint density at radius 1 is 0.657 bits per heavy atom. The molecular formula is C44H54BClF2N12O8S2. The molecule has 4 aromatic heterocycles. The fourth-order valence-electron chi connectivity index (χ4n) is 7.25. The maximum atomic E-state index is 14.2. The standard InChI is InChI=1S/C19H21FN6O3S.C18H28BFN2O5S.C7H5ClN4/c20-14-9-13(16-1-2-17-18(24-16)19(21)23-12-22-17)10-15(11-14)25-30(27,28)8-5-26-3-6-29-7-4-26;1-17(2)18(3,4)27-19(26-17)14-11-15(20)13-16(12-14)21-28(23,24)10-7-22-5-8-25-9-6-22;8-5-2-1-4-6(12-5)7(9)11-3-10-4/h1-2,9-12,25H,3-8H2,(H2,21,22,23);11-13,21H,5-10H2,1-4H3;1-3H,(H2,9,10,11). The molecular weight excluding hydrogens is 973 g/mol. The summed E-state index contributed by atoms with van der Waals surface area (Å²) in [5.41, 5.74) is 14.0. The van der Waals surface area contributed by atoms with E-state index < -0.39 is 50.0 Å². The van der Waals surface area contributed by atoms with Crippen molar-refractivity contribution in [2.75, 3.05) is 98.1 Å². The molecule has 374 valence electrons. The lowest BCUT2D eigenvalue weighted by atomic mass is 9.79. The van der Waals surface area contributed by atoms with Crippen LogP contribution in [0.5, 0.6) is 0 Å². The van der Waals surface area contributed by atoms with Crippen molar-refractivity contribution >= 4 is 89.3 Å². The molecule has 9 rings (SSSR count). The number of aromatic nitrogens is 6. The molecule has 3 aliphatic heterocycles. The molecule has 0 spiro atoms. The molecule has 3 aliphatic rings. The Kier molecular flexibility index (Phi) is 16.7.